The third kappa shape index (κ3) is 5.07. The van der Waals surface area contributed by atoms with Crippen LogP contribution in [0.2, 0.25) is 0 Å². The summed E-state index contributed by atoms with van der Waals surface area (Å²) in [6, 6.07) is 7.10. The highest BCUT2D eigenvalue weighted by atomic mass is 32.2. The van der Waals surface area contributed by atoms with Crippen LogP contribution in [0.3, 0.4) is 0 Å². The maximum Gasteiger partial charge on any atom is 0.341 e. The molecule has 4 heterocycles. The lowest BCUT2D eigenvalue weighted by molar-refractivity contribution is -0.115. The number of hydrogen-bond acceptors (Lipinski definition) is 10. The van der Waals surface area contributed by atoms with Gasteiger partial charge in [0.25, 0.3) is 0 Å². The molecule has 0 fully saturated rings. The van der Waals surface area contributed by atoms with Gasteiger partial charge in [-0.05, 0) is 55.0 Å². The highest BCUT2D eigenvalue weighted by Gasteiger charge is 2.29. The van der Waals surface area contributed by atoms with Crippen LogP contribution in [0.4, 0.5) is 5.00 Å². The first-order chi connectivity index (χ1) is 17.5. The summed E-state index contributed by atoms with van der Waals surface area (Å²) in [7, 11) is 1.36. The number of methoxy groups -OCH3 is 1. The van der Waals surface area contributed by atoms with E-state index in [1.54, 1.807) is 36.8 Å². The number of esters is 1. The summed E-state index contributed by atoms with van der Waals surface area (Å²) in [5, 5.41) is 12.4. The molecule has 186 valence electrons. The molecule has 1 unspecified atom stereocenters. The summed E-state index contributed by atoms with van der Waals surface area (Å²) in [6.07, 6.45) is 6.08. The number of amides is 1. The zero-order chi connectivity index (χ0) is 25.1. The highest BCUT2D eigenvalue weighted by molar-refractivity contribution is 7.99. The van der Waals surface area contributed by atoms with E-state index in [4.69, 9.17) is 13.6 Å². The molecule has 4 aromatic heterocycles. The van der Waals surface area contributed by atoms with Crippen LogP contribution >= 0.6 is 23.1 Å². The monoisotopic (exact) mass is 524 g/mol. The van der Waals surface area contributed by atoms with Crippen LogP contribution in [-0.2, 0) is 22.4 Å². The summed E-state index contributed by atoms with van der Waals surface area (Å²) < 4.78 is 16.0. The number of anilines is 1. The number of hydrogen-bond donors (Lipinski definition) is 1. The van der Waals surface area contributed by atoms with Gasteiger partial charge in [-0.3, -0.25) is 4.79 Å². The minimum absolute atomic E-state index is 0.189. The Hall–Kier alpha value is -3.44. The number of ether oxygens (including phenoxy) is 1. The Morgan fingerprint density at radius 3 is 2.61 bits per heavy atom. The summed E-state index contributed by atoms with van der Waals surface area (Å²) in [4.78, 5) is 31.0. The Morgan fingerprint density at radius 2 is 1.92 bits per heavy atom. The van der Waals surface area contributed by atoms with E-state index < -0.39 is 5.97 Å². The summed E-state index contributed by atoms with van der Waals surface area (Å²) in [5.74, 6) is 1.47. The van der Waals surface area contributed by atoms with Gasteiger partial charge in [0.05, 0.1) is 25.2 Å². The standard InChI is InChI=1S/C25H24N4O5S2/c1-14-7-8-15-18(13-14)36-23(20(15)24(31)32-2)26-19(30)9-12-35-25-27-21(16-5-3-10-33-16)22(28-29-25)17-6-4-11-34-17/h3-6,10-11,14H,7-9,12-13H2,1-2H3,(H,26,30). The van der Waals surface area contributed by atoms with Gasteiger partial charge in [-0.2, -0.15) is 0 Å². The molecule has 4 aromatic rings. The Morgan fingerprint density at radius 1 is 1.17 bits per heavy atom. The molecule has 1 N–H and O–H groups in total. The molecule has 36 heavy (non-hydrogen) atoms. The molecular formula is C25H24N4O5S2. The van der Waals surface area contributed by atoms with Crippen LogP contribution < -0.4 is 5.32 Å². The lowest BCUT2D eigenvalue weighted by Crippen LogP contribution is -2.16. The molecule has 9 nitrogen and oxygen atoms in total. The Bertz CT molecular complexity index is 1370. The van der Waals surface area contributed by atoms with Crippen molar-refractivity contribution in [2.45, 2.75) is 37.8 Å². The molecule has 1 atom stereocenters. The van der Waals surface area contributed by atoms with E-state index in [1.807, 2.05) is 0 Å². The van der Waals surface area contributed by atoms with Crippen LogP contribution in [0.15, 0.2) is 50.8 Å². The van der Waals surface area contributed by atoms with Crippen LogP contribution in [-0.4, -0.2) is 39.9 Å². The number of aromatic nitrogens is 3. The van der Waals surface area contributed by atoms with Crippen molar-refractivity contribution in [1.29, 1.82) is 0 Å². The number of rotatable bonds is 8. The van der Waals surface area contributed by atoms with E-state index in [0.29, 0.717) is 50.3 Å². The minimum atomic E-state index is -0.409. The van der Waals surface area contributed by atoms with Gasteiger partial charge >= 0.3 is 5.97 Å². The number of furan rings is 2. The van der Waals surface area contributed by atoms with E-state index in [-0.39, 0.29) is 12.3 Å². The maximum atomic E-state index is 12.8. The molecule has 0 aliphatic heterocycles. The predicted octanol–water partition coefficient (Wildman–Crippen LogP) is 5.49. The molecule has 0 radical (unpaired) electrons. The second kappa shape index (κ2) is 10.7. The number of nitrogens with one attached hydrogen (secondary N) is 1. The van der Waals surface area contributed by atoms with Crippen molar-refractivity contribution in [3.8, 4) is 22.9 Å². The van der Waals surface area contributed by atoms with Crippen molar-refractivity contribution in [2.24, 2.45) is 5.92 Å². The summed E-state index contributed by atoms with van der Waals surface area (Å²) in [6.45, 7) is 2.20. The van der Waals surface area contributed by atoms with E-state index in [1.165, 1.54) is 30.2 Å². The normalized spacial score (nSPS) is 14.9. The van der Waals surface area contributed by atoms with Gasteiger partial charge in [-0.1, -0.05) is 18.7 Å². The minimum Gasteiger partial charge on any atom is -0.465 e. The first-order valence-electron chi connectivity index (χ1n) is 11.5. The molecule has 1 aliphatic carbocycles. The first-order valence-corrected chi connectivity index (χ1v) is 13.3. The zero-order valence-electron chi connectivity index (χ0n) is 19.8. The molecule has 1 aliphatic rings. The number of thioether (sulfide) groups is 1. The van der Waals surface area contributed by atoms with Gasteiger partial charge < -0.3 is 18.9 Å². The lowest BCUT2D eigenvalue weighted by atomic mass is 9.88. The van der Waals surface area contributed by atoms with Crippen molar-refractivity contribution in [1.82, 2.24) is 15.2 Å². The number of thiophene rings is 1. The van der Waals surface area contributed by atoms with Crippen LogP contribution in [0.25, 0.3) is 22.9 Å². The van der Waals surface area contributed by atoms with E-state index >= 15 is 0 Å². The topological polar surface area (TPSA) is 120 Å². The van der Waals surface area contributed by atoms with Crippen LogP contribution in [0.1, 0.15) is 40.6 Å². The number of carbonyl (C=O) groups is 2. The van der Waals surface area contributed by atoms with Crippen molar-refractivity contribution in [2.75, 3.05) is 18.2 Å². The second-order valence-corrected chi connectivity index (χ2v) is 10.6. The largest absolute Gasteiger partial charge is 0.465 e. The Balaban J connectivity index is 1.26. The molecular weight excluding hydrogens is 500 g/mol. The average molecular weight is 525 g/mol. The molecule has 11 heteroatoms. The SMILES string of the molecule is COC(=O)c1c(NC(=O)CCSc2nnc(-c3ccco3)c(-c3ccco3)n2)sc2c1CCC(C)C2. The third-order valence-corrected chi connectivity index (χ3v) is 7.90. The molecule has 0 saturated heterocycles. The van der Waals surface area contributed by atoms with E-state index in [2.05, 4.69) is 27.4 Å². The van der Waals surface area contributed by atoms with Crippen LogP contribution in [0.5, 0.6) is 0 Å². The number of fused-ring (bicyclic) bond motifs is 1. The summed E-state index contributed by atoms with van der Waals surface area (Å²) >= 11 is 2.79. The molecule has 0 saturated carbocycles. The molecule has 0 bridgehead atoms. The highest BCUT2D eigenvalue weighted by Crippen LogP contribution is 2.40. The summed E-state index contributed by atoms with van der Waals surface area (Å²) in [5.41, 5.74) is 2.49. The van der Waals surface area contributed by atoms with Gasteiger partial charge in [0.2, 0.25) is 11.1 Å². The molecule has 5 rings (SSSR count). The fourth-order valence-electron chi connectivity index (χ4n) is 4.12. The van der Waals surface area contributed by atoms with Crippen LogP contribution in [0, 0.1) is 5.92 Å². The van der Waals surface area contributed by atoms with E-state index in [9.17, 15) is 9.59 Å². The Labute approximate surface area is 215 Å². The fourth-order valence-corrected chi connectivity index (χ4v) is 6.26. The maximum absolute atomic E-state index is 12.8. The van der Waals surface area contributed by atoms with Crippen molar-refractivity contribution in [3.63, 3.8) is 0 Å². The first kappa shape index (κ1) is 24.3. The zero-order valence-corrected chi connectivity index (χ0v) is 21.4. The number of carbonyl (C=O) groups excluding carboxylic acids is 2. The smallest absolute Gasteiger partial charge is 0.341 e. The van der Waals surface area contributed by atoms with Gasteiger partial charge in [0, 0.05) is 17.1 Å². The van der Waals surface area contributed by atoms with Gasteiger partial charge in [-0.25, -0.2) is 9.78 Å². The fraction of sp³-hybridized carbons (Fsp3) is 0.320. The van der Waals surface area contributed by atoms with Crippen molar-refractivity contribution < 1.29 is 23.2 Å². The van der Waals surface area contributed by atoms with Gasteiger partial charge in [0.1, 0.15) is 10.7 Å². The lowest BCUT2D eigenvalue weighted by Gasteiger charge is -2.18. The molecule has 0 spiro atoms. The van der Waals surface area contributed by atoms with Gasteiger partial charge in [0.15, 0.2) is 17.2 Å². The molecule has 0 aromatic carbocycles. The molecule has 1 amide bonds. The predicted molar refractivity (Wildman–Crippen MR) is 136 cm³/mol. The second-order valence-electron chi connectivity index (χ2n) is 8.44. The quantitative estimate of drug-likeness (QED) is 0.236. The van der Waals surface area contributed by atoms with E-state index in [0.717, 1.165) is 29.7 Å². The third-order valence-electron chi connectivity index (χ3n) is 5.89. The van der Waals surface area contributed by atoms with Crippen molar-refractivity contribution >= 4 is 40.0 Å². The number of nitrogens with zero attached hydrogens (tertiary/aromatic N) is 3. The van der Waals surface area contributed by atoms with Gasteiger partial charge in [-0.15, -0.1) is 21.5 Å². The Kier molecular flexibility index (Phi) is 7.19. The van der Waals surface area contributed by atoms with Crippen molar-refractivity contribution in [3.05, 3.63) is 52.8 Å². The average Bonchev–Trinajstić information content (AvgIpc) is 3.64.